The highest BCUT2D eigenvalue weighted by Gasteiger charge is 2.39. The highest BCUT2D eigenvalue weighted by atomic mass is 35.5. The fourth-order valence-corrected chi connectivity index (χ4v) is 5.52. The van der Waals surface area contributed by atoms with E-state index in [1.807, 2.05) is 32.9 Å². The van der Waals surface area contributed by atoms with Crippen molar-refractivity contribution in [3.8, 4) is 0 Å². The van der Waals surface area contributed by atoms with Gasteiger partial charge in [-0.3, -0.25) is 14.4 Å². The molecule has 7 heteroatoms. The molecule has 2 N–H and O–H groups in total. The maximum atomic E-state index is 13.6. The predicted octanol–water partition coefficient (Wildman–Crippen LogP) is 6.32. The number of carbonyl (C=O) groups excluding carboxylic acids is 3. The number of carbonyl (C=O) groups is 3. The molecule has 4 rings (SSSR count). The minimum absolute atomic E-state index is 0.0481. The summed E-state index contributed by atoms with van der Waals surface area (Å²) in [6.45, 7) is 10.9. The summed E-state index contributed by atoms with van der Waals surface area (Å²) in [5.74, 6) is -0.384. The second-order valence-corrected chi connectivity index (χ2v) is 12.5. The standard InChI is InChI=1S/C30H38ClN3O3/c1-29(2,3)28(37)32-17-19-11-14-25(31)23(15-19)26(35)33-20-12-13-24-22(16-20)27(36)34(18-30(24,4)5)21-9-7-6-8-10-21/h11-16,21H,6-10,17-18H2,1-5H3,(H,32,37)(H,33,35). The summed E-state index contributed by atoms with van der Waals surface area (Å²) in [5.41, 5.74) is 2.65. The zero-order chi connectivity index (χ0) is 27.0. The summed E-state index contributed by atoms with van der Waals surface area (Å²) in [6, 6.07) is 11.0. The monoisotopic (exact) mass is 523 g/mol. The maximum absolute atomic E-state index is 13.6. The molecule has 0 bridgehead atoms. The number of amides is 3. The third kappa shape index (κ3) is 6.01. The van der Waals surface area contributed by atoms with E-state index in [-0.39, 0.29) is 29.2 Å². The normalized spacial score (nSPS) is 17.8. The van der Waals surface area contributed by atoms with Crippen LogP contribution in [-0.4, -0.2) is 35.2 Å². The van der Waals surface area contributed by atoms with Gasteiger partial charge in [-0.05, 0) is 48.2 Å². The zero-order valence-corrected chi connectivity index (χ0v) is 23.3. The van der Waals surface area contributed by atoms with Crippen molar-refractivity contribution < 1.29 is 14.4 Å². The Kier molecular flexibility index (Phi) is 7.70. The smallest absolute Gasteiger partial charge is 0.257 e. The molecule has 1 aliphatic carbocycles. The van der Waals surface area contributed by atoms with E-state index in [0.29, 0.717) is 34.9 Å². The molecule has 0 aromatic heterocycles. The molecule has 1 saturated carbocycles. The molecule has 2 aliphatic rings. The number of fused-ring (bicyclic) bond motifs is 1. The van der Waals surface area contributed by atoms with Gasteiger partial charge in [-0.25, -0.2) is 0 Å². The first-order valence-electron chi connectivity index (χ1n) is 13.2. The van der Waals surface area contributed by atoms with E-state index in [1.54, 1.807) is 24.3 Å². The molecule has 37 heavy (non-hydrogen) atoms. The Hall–Kier alpha value is -2.86. The van der Waals surface area contributed by atoms with Gasteiger partial charge in [-0.1, -0.05) is 77.6 Å². The number of hydrogen-bond donors (Lipinski definition) is 2. The molecule has 0 unspecified atom stereocenters. The van der Waals surface area contributed by atoms with Gasteiger partial charge in [0, 0.05) is 41.2 Å². The highest BCUT2D eigenvalue weighted by Crippen LogP contribution is 2.38. The minimum atomic E-state index is -0.502. The van der Waals surface area contributed by atoms with Gasteiger partial charge in [0.05, 0.1) is 10.6 Å². The van der Waals surface area contributed by atoms with Crippen LogP contribution in [0, 0.1) is 5.41 Å². The Morgan fingerprint density at radius 2 is 1.76 bits per heavy atom. The second kappa shape index (κ2) is 10.5. The van der Waals surface area contributed by atoms with Crippen LogP contribution < -0.4 is 10.6 Å². The third-order valence-corrected chi connectivity index (χ3v) is 7.82. The first-order chi connectivity index (χ1) is 17.4. The zero-order valence-electron chi connectivity index (χ0n) is 22.5. The lowest BCUT2D eigenvalue weighted by atomic mass is 9.76. The topological polar surface area (TPSA) is 78.5 Å². The van der Waals surface area contributed by atoms with Gasteiger partial charge in [0.25, 0.3) is 11.8 Å². The number of nitrogens with one attached hydrogen (secondary N) is 2. The minimum Gasteiger partial charge on any atom is -0.352 e. The van der Waals surface area contributed by atoms with Gasteiger partial charge in [-0.15, -0.1) is 0 Å². The molecule has 0 radical (unpaired) electrons. The molecular weight excluding hydrogens is 486 g/mol. The molecule has 2 aromatic carbocycles. The van der Waals surface area contributed by atoms with Gasteiger partial charge in [0.1, 0.15) is 0 Å². The molecule has 198 valence electrons. The summed E-state index contributed by atoms with van der Waals surface area (Å²) in [4.78, 5) is 41.0. The SMILES string of the molecule is CC(C)(C)C(=O)NCc1ccc(Cl)c(C(=O)Nc2ccc3c(c2)C(=O)N(C2CCCCC2)CC3(C)C)c1. The Balaban J connectivity index is 1.54. The molecule has 0 saturated heterocycles. The fourth-order valence-electron chi connectivity index (χ4n) is 5.32. The van der Waals surface area contributed by atoms with Crippen molar-refractivity contribution >= 4 is 35.0 Å². The van der Waals surface area contributed by atoms with Crippen LogP contribution in [0.1, 0.15) is 98.6 Å². The summed E-state index contributed by atoms with van der Waals surface area (Å²) < 4.78 is 0. The van der Waals surface area contributed by atoms with Crippen LogP contribution in [0.3, 0.4) is 0 Å². The van der Waals surface area contributed by atoms with Crippen LogP contribution in [0.15, 0.2) is 36.4 Å². The quantitative estimate of drug-likeness (QED) is 0.481. The molecule has 6 nitrogen and oxygen atoms in total. The van der Waals surface area contributed by atoms with Crippen LogP contribution in [-0.2, 0) is 16.8 Å². The van der Waals surface area contributed by atoms with Crippen LogP contribution in [0.2, 0.25) is 5.02 Å². The largest absolute Gasteiger partial charge is 0.352 e. The van der Waals surface area contributed by atoms with Gasteiger partial charge in [0.2, 0.25) is 5.91 Å². The van der Waals surface area contributed by atoms with E-state index in [1.165, 1.54) is 6.42 Å². The lowest BCUT2D eigenvalue weighted by Crippen LogP contribution is -2.51. The van der Waals surface area contributed by atoms with Crippen LogP contribution >= 0.6 is 11.6 Å². The molecule has 2 aromatic rings. The number of benzene rings is 2. The van der Waals surface area contributed by atoms with E-state index >= 15 is 0 Å². The van der Waals surface area contributed by atoms with Gasteiger partial charge in [0.15, 0.2) is 0 Å². The lowest BCUT2D eigenvalue weighted by molar-refractivity contribution is -0.128. The number of halogens is 1. The number of rotatable bonds is 5. The molecule has 0 spiro atoms. The lowest BCUT2D eigenvalue weighted by Gasteiger charge is -2.44. The fraction of sp³-hybridized carbons (Fsp3) is 0.500. The molecule has 1 aliphatic heterocycles. The predicted molar refractivity (Wildman–Crippen MR) is 148 cm³/mol. The second-order valence-electron chi connectivity index (χ2n) is 12.1. The summed E-state index contributed by atoms with van der Waals surface area (Å²) >= 11 is 6.36. The van der Waals surface area contributed by atoms with E-state index < -0.39 is 5.41 Å². The number of nitrogens with zero attached hydrogens (tertiary/aromatic N) is 1. The van der Waals surface area contributed by atoms with Crippen molar-refractivity contribution in [1.82, 2.24) is 10.2 Å². The first-order valence-corrected chi connectivity index (χ1v) is 13.6. The van der Waals surface area contributed by atoms with Gasteiger partial charge in [-0.2, -0.15) is 0 Å². The van der Waals surface area contributed by atoms with E-state index in [4.69, 9.17) is 11.6 Å². The van der Waals surface area contributed by atoms with Gasteiger partial charge < -0.3 is 15.5 Å². The van der Waals surface area contributed by atoms with Crippen LogP contribution in [0.5, 0.6) is 0 Å². The molecule has 0 atom stereocenters. The third-order valence-electron chi connectivity index (χ3n) is 7.49. The van der Waals surface area contributed by atoms with Crippen molar-refractivity contribution in [2.75, 3.05) is 11.9 Å². The Morgan fingerprint density at radius 3 is 2.43 bits per heavy atom. The molecule has 1 heterocycles. The van der Waals surface area contributed by atoms with Crippen molar-refractivity contribution in [3.05, 3.63) is 63.7 Å². The van der Waals surface area contributed by atoms with Crippen molar-refractivity contribution in [2.24, 2.45) is 5.41 Å². The number of anilines is 1. The van der Waals surface area contributed by atoms with Crippen LogP contribution in [0.25, 0.3) is 0 Å². The molecular formula is C30H38ClN3O3. The maximum Gasteiger partial charge on any atom is 0.257 e. The summed E-state index contributed by atoms with van der Waals surface area (Å²) in [6.07, 6.45) is 5.67. The summed E-state index contributed by atoms with van der Waals surface area (Å²) in [7, 11) is 0. The van der Waals surface area contributed by atoms with Crippen LogP contribution in [0.4, 0.5) is 5.69 Å². The Bertz CT molecular complexity index is 1210. The summed E-state index contributed by atoms with van der Waals surface area (Å²) in [5, 5.41) is 6.14. The number of hydrogen-bond acceptors (Lipinski definition) is 3. The van der Waals surface area contributed by atoms with E-state index in [2.05, 4.69) is 29.4 Å². The Morgan fingerprint density at radius 1 is 1.05 bits per heavy atom. The van der Waals surface area contributed by atoms with Crippen molar-refractivity contribution in [1.29, 1.82) is 0 Å². The average molecular weight is 524 g/mol. The first kappa shape index (κ1) is 27.2. The average Bonchev–Trinajstić information content (AvgIpc) is 2.85. The van der Waals surface area contributed by atoms with E-state index in [9.17, 15) is 14.4 Å². The highest BCUT2D eigenvalue weighted by molar-refractivity contribution is 6.34. The molecule has 3 amide bonds. The molecule has 1 fully saturated rings. The van der Waals surface area contributed by atoms with Crippen molar-refractivity contribution in [3.63, 3.8) is 0 Å². The van der Waals surface area contributed by atoms with Gasteiger partial charge >= 0.3 is 0 Å². The van der Waals surface area contributed by atoms with E-state index in [0.717, 1.165) is 36.8 Å². The Labute approximate surface area is 225 Å². The van der Waals surface area contributed by atoms with Crippen molar-refractivity contribution in [2.45, 2.75) is 84.7 Å².